The van der Waals surface area contributed by atoms with Crippen molar-refractivity contribution in [2.24, 2.45) is 0 Å². The molecule has 152 valence electrons. The minimum absolute atomic E-state index is 0.0844. The normalized spacial score (nSPS) is 13.1. The molecule has 0 atom stereocenters. The van der Waals surface area contributed by atoms with Gasteiger partial charge in [0, 0.05) is 16.6 Å². The van der Waals surface area contributed by atoms with E-state index in [4.69, 9.17) is 14.5 Å². The predicted octanol–water partition coefficient (Wildman–Crippen LogP) is 4.43. The summed E-state index contributed by atoms with van der Waals surface area (Å²) in [6.45, 7) is 2.50. The van der Waals surface area contributed by atoms with E-state index in [1.165, 1.54) is 11.3 Å². The van der Waals surface area contributed by atoms with E-state index in [9.17, 15) is 4.79 Å². The highest BCUT2D eigenvalue weighted by molar-refractivity contribution is 9.10. The molecule has 1 aliphatic rings. The van der Waals surface area contributed by atoms with Crippen LogP contribution in [0.1, 0.15) is 16.8 Å². The molecular formula is C21H22BrN3O3S. The Morgan fingerprint density at radius 3 is 2.69 bits per heavy atom. The summed E-state index contributed by atoms with van der Waals surface area (Å²) < 4.78 is 13.3. The van der Waals surface area contributed by atoms with Gasteiger partial charge in [-0.1, -0.05) is 27.3 Å². The van der Waals surface area contributed by atoms with Crippen LogP contribution in [-0.4, -0.2) is 56.2 Å². The Morgan fingerprint density at radius 2 is 1.90 bits per heavy atom. The SMILES string of the molecule is CN(C)CCCN(C(=O)c1ccc2c(c1)OCCO2)c1nc2ccc(Br)cc2s1. The fourth-order valence-corrected chi connectivity index (χ4v) is 4.70. The first-order valence-corrected chi connectivity index (χ1v) is 11.0. The number of thiazole rings is 1. The van der Waals surface area contributed by atoms with Crippen LogP contribution in [0.2, 0.25) is 0 Å². The van der Waals surface area contributed by atoms with E-state index in [-0.39, 0.29) is 5.91 Å². The number of carbonyl (C=O) groups is 1. The van der Waals surface area contributed by atoms with Crippen molar-refractivity contribution in [3.8, 4) is 11.5 Å². The minimum atomic E-state index is -0.0844. The summed E-state index contributed by atoms with van der Waals surface area (Å²) in [5, 5.41) is 0.705. The van der Waals surface area contributed by atoms with Crippen LogP contribution in [-0.2, 0) is 0 Å². The lowest BCUT2D eigenvalue weighted by Crippen LogP contribution is -2.33. The maximum Gasteiger partial charge on any atom is 0.260 e. The Kier molecular flexibility index (Phi) is 6.03. The van der Waals surface area contributed by atoms with Crippen molar-refractivity contribution in [1.82, 2.24) is 9.88 Å². The van der Waals surface area contributed by atoms with Crippen molar-refractivity contribution in [2.45, 2.75) is 6.42 Å². The van der Waals surface area contributed by atoms with Crippen LogP contribution >= 0.6 is 27.3 Å². The standard InChI is InChI=1S/C21H22BrN3O3S/c1-24(2)8-3-9-25(21-23-16-6-5-15(22)13-19(16)29-21)20(26)14-4-7-17-18(12-14)28-11-10-27-17/h4-7,12-13H,3,8-11H2,1-2H3. The highest BCUT2D eigenvalue weighted by Gasteiger charge is 2.23. The molecule has 29 heavy (non-hydrogen) atoms. The van der Waals surface area contributed by atoms with Gasteiger partial charge in [0.25, 0.3) is 5.91 Å². The lowest BCUT2D eigenvalue weighted by atomic mass is 10.1. The van der Waals surface area contributed by atoms with Gasteiger partial charge in [0.15, 0.2) is 16.6 Å². The molecule has 0 radical (unpaired) electrons. The van der Waals surface area contributed by atoms with Gasteiger partial charge in [0.05, 0.1) is 10.2 Å². The summed E-state index contributed by atoms with van der Waals surface area (Å²) in [6, 6.07) is 11.3. The Morgan fingerprint density at radius 1 is 1.10 bits per heavy atom. The van der Waals surface area contributed by atoms with E-state index in [0.717, 1.165) is 27.7 Å². The summed E-state index contributed by atoms with van der Waals surface area (Å²) in [7, 11) is 4.06. The number of amides is 1. The van der Waals surface area contributed by atoms with Crippen LogP contribution < -0.4 is 14.4 Å². The monoisotopic (exact) mass is 475 g/mol. The molecule has 3 aromatic rings. The number of aromatic nitrogens is 1. The molecule has 0 spiro atoms. The summed E-state index contributed by atoms with van der Waals surface area (Å²) in [4.78, 5) is 22.0. The van der Waals surface area contributed by atoms with Crippen LogP contribution in [0.25, 0.3) is 10.2 Å². The lowest BCUT2D eigenvalue weighted by Gasteiger charge is -2.23. The second-order valence-corrected chi connectivity index (χ2v) is 9.01. The van der Waals surface area contributed by atoms with E-state index in [1.807, 2.05) is 32.3 Å². The zero-order valence-corrected chi connectivity index (χ0v) is 18.8. The predicted molar refractivity (Wildman–Crippen MR) is 120 cm³/mol. The summed E-state index contributed by atoms with van der Waals surface area (Å²) in [5.41, 5.74) is 1.46. The molecule has 0 saturated heterocycles. The molecular weight excluding hydrogens is 454 g/mol. The van der Waals surface area contributed by atoms with Gasteiger partial charge in [-0.2, -0.15) is 0 Å². The number of fused-ring (bicyclic) bond motifs is 2. The van der Waals surface area contributed by atoms with Crippen molar-refractivity contribution in [3.63, 3.8) is 0 Å². The highest BCUT2D eigenvalue weighted by Crippen LogP contribution is 2.34. The van der Waals surface area contributed by atoms with Gasteiger partial charge in [-0.3, -0.25) is 9.69 Å². The Labute approximate surface area is 182 Å². The molecule has 0 fully saturated rings. The minimum Gasteiger partial charge on any atom is -0.486 e. The Hall–Kier alpha value is -2.16. The van der Waals surface area contributed by atoms with Crippen molar-refractivity contribution in [1.29, 1.82) is 0 Å². The van der Waals surface area contributed by atoms with Crippen molar-refractivity contribution in [3.05, 3.63) is 46.4 Å². The summed E-state index contributed by atoms with van der Waals surface area (Å²) in [5.74, 6) is 1.21. The summed E-state index contributed by atoms with van der Waals surface area (Å²) in [6.07, 6.45) is 0.850. The number of halogens is 1. The zero-order chi connectivity index (χ0) is 20.4. The second kappa shape index (κ2) is 8.69. The van der Waals surface area contributed by atoms with Gasteiger partial charge >= 0.3 is 0 Å². The number of hydrogen-bond acceptors (Lipinski definition) is 6. The fourth-order valence-electron chi connectivity index (χ4n) is 3.16. The molecule has 2 aromatic carbocycles. The number of rotatable bonds is 6. The molecule has 6 nitrogen and oxygen atoms in total. The molecule has 1 aliphatic heterocycles. The first kappa shape index (κ1) is 20.1. The number of ether oxygens (including phenoxy) is 2. The van der Waals surface area contributed by atoms with E-state index in [2.05, 4.69) is 20.8 Å². The molecule has 0 unspecified atom stereocenters. The van der Waals surface area contributed by atoms with Gasteiger partial charge < -0.3 is 14.4 Å². The second-order valence-electron chi connectivity index (χ2n) is 7.08. The molecule has 4 rings (SSSR count). The zero-order valence-electron chi connectivity index (χ0n) is 16.4. The van der Waals surface area contributed by atoms with Gasteiger partial charge in [-0.25, -0.2) is 4.98 Å². The van der Waals surface area contributed by atoms with Crippen molar-refractivity contribution < 1.29 is 14.3 Å². The summed E-state index contributed by atoms with van der Waals surface area (Å²) >= 11 is 5.03. The molecule has 0 bridgehead atoms. The highest BCUT2D eigenvalue weighted by atomic mass is 79.9. The van der Waals surface area contributed by atoms with E-state index in [0.29, 0.717) is 42.0 Å². The number of hydrogen-bond donors (Lipinski definition) is 0. The van der Waals surface area contributed by atoms with Crippen LogP contribution in [0.4, 0.5) is 5.13 Å². The largest absolute Gasteiger partial charge is 0.486 e. The number of anilines is 1. The maximum absolute atomic E-state index is 13.4. The third-order valence-corrected chi connectivity index (χ3v) is 6.13. The first-order chi connectivity index (χ1) is 14.0. The van der Waals surface area contributed by atoms with Crippen LogP contribution in [0.3, 0.4) is 0 Å². The van der Waals surface area contributed by atoms with E-state index < -0.39 is 0 Å². The number of carbonyl (C=O) groups excluding carboxylic acids is 1. The van der Waals surface area contributed by atoms with Gasteiger partial charge in [0.1, 0.15) is 13.2 Å². The average Bonchev–Trinajstić information content (AvgIpc) is 3.13. The third-order valence-electron chi connectivity index (χ3n) is 4.59. The molecule has 2 heterocycles. The molecule has 0 N–H and O–H groups in total. The Bertz CT molecular complexity index is 1040. The number of benzene rings is 2. The lowest BCUT2D eigenvalue weighted by molar-refractivity contribution is 0.0984. The Balaban J connectivity index is 1.66. The van der Waals surface area contributed by atoms with Crippen LogP contribution in [0, 0.1) is 0 Å². The van der Waals surface area contributed by atoms with Crippen LogP contribution in [0.15, 0.2) is 40.9 Å². The van der Waals surface area contributed by atoms with E-state index >= 15 is 0 Å². The topological polar surface area (TPSA) is 54.9 Å². The van der Waals surface area contributed by atoms with Crippen LogP contribution in [0.5, 0.6) is 11.5 Å². The molecule has 1 amide bonds. The maximum atomic E-state index is 13.4. The third kappa shape index (κ3) is 4.55. The van der Waals surface area contributed by atoms with Gasteiger partial charge in [-0.05, 0) is 63.5 Å². The van der Waals surface area contributed by atoms with Gasteiger partial charge in [-0.15, -0.1) is 0 Å². The quantitative estimate of drug-likeness (QED) is 0.527. The molecule has 0 aliphatic carbocycles. The van der Waals surface area contributed by atoms with Crippen molar-refractivity contribution in [2.75, 3.05) is 45.3 Å². The molecule has 0 saturated carbocycles. The molecule has 8 heteroatoms. The molecule has 1 aromatic heterocycles. The smallest absolute Gasteiger partial charge is 0.260 e. The average molecular weight is 476 g/mol. The van der Waals surface area contributed by atoms with Crippen molar-refractivity contribution >= 4 is 48.5 Å². The number of nitrogens with zero attached hydrogens (tertiary/aromatic N) is 3. The van der Waals surface area contributed by atoms with Gasteiger partial charge in [0.2, 0.25) is 0 Å². The first-order valence-electron chi connectivity index (χ1n) is 9.43. The van der Waals surface area contributed by atoms with E-state index in [1.54, 1.807) is 23.1 Å². The fraction of sp³-hybridized carbons (Fsp3) is 0.333.